The largest absolute Gasteiger partial charge is 0.341 e. The van der Waals surface area contributed by atoms with E-state index in [9.17, 15) is 14.0 Å². The van der Waals surface area contributed by atoms with Crippen LogP contribution in [0.25, 0.3) is 0 Å². The Labute approximate surface area is 117 Å². The van der Waals surface area contributed by atoms with Gasteiger partial charge < -0.3 is 10.2 Å². The molecule has 2 rings (SSSR count). The van der Waals surface area contributed by atoms with Gasteiger partial charge in [-0.05, 0) is 37.5 Å². The van der Waals surface area contributed by atoms with Gasteiger partial charge >= 0.3 is 0 Å². The van der Waals surface area contributed by atoms with Crippen LogP contribution in [0.1, 0.15) is 23.7 Å². The van der Waals surface area contributed by atoms with E-state index in [2.05, 4.69) is 17.2 Å². The zero-order valence-corrected chi connectivity index (χ0v) is 11.1. The van der Waals surface area contributed by atoms with Gasteiger partial charge in [-0.3, -0.25) is 9.59 Å². The van der Waals surface area contributed by atoms with E-state index in [1.165, 1.54) is 18.2 Å². The fraction of sp³-hybridized carbons (Fsp3) is 0.333. The Morgan fingerprint density at radius 3 is 2.95 bits per heavy atom. The first-order chi connectivity index (χ1) is 9.60. The van der Waals surface area contributed by atoms with Gasteiger partial charge in [0.25, 0.3) is 11.8 Å². The van der Waals surface area contributed by atoms with E-state index >= 15 is 0 Å². The van der Waals surface area contributed by atoms with Crippen LogP contribution in [-0.2, 0) is 4.79 Å². The van der Waals surface area contributed by atoms with E-state index in [0.29, 0.717) is 25.1 Å². The number of hydrogen-bond donors (Lipinski definition) is 1. The first kappa shape index (κ1) is 14.1. The number of nitrogens with zero attached hydrogens (tertiary/aromatic N) is 1. The third-order valence-electron chi connectivity index (χ3n) is 3.12. The van der Waals surface area contributed by atoms with Gasteiger partial charge in [0.05, 0.1) is 0 Å². The van der Waals surface area contributed by atoms with E-state index in [0.717, 1.165) is 0 Å². The number of nitrogens with one attached hydrogen (secondary N) is 1. The third kappa shape index (κ3) is 3.35. The Morgan fingerprint density at radius 2 is 2.25 bits per heavy atom. The molecule has 2 amide bonds. The van der Waals surface area contributed by atoms with Crippen molar-refractivity contribution in [2.45, 2.75) is 19.4 Å². The number of amides is 2. The minimum atomic E-state index is -0.432. The van der Waals surface area contributed by atoms with Crippen molar-refractivity contribution < 1.29 is 14.0 Å². The molecule has 1 atom stereocenters. The van der Waals surface area contributed by atoms with E-state index < -0.39 is 5.82 Å². The molecular formula is C15H15FN2O2. The monoisotopic (exact) mass is 274 g/mol. The molecule has 1 fully saturated rings. The van der Waals surface area contributed by atoms with Crippen LogP contribution in [0, 0.1) is 17.7 Å². The second-order valence-electron chi connectivity index (χ2n) is 4.60. The lowest BCUT2D eigenvalue weighted by molar-refractivity contribution is -0.116. The third-order valence-corrected chi connectivity index (χ3v) is 3.12. The minimum absolute atomic E-state index is 0.0964. The predicted molar refractivity (Wildman–Crippen MR) is 72.3 cm³/mol. The Balaban J connectivity index is 1.96. The molecule has 0 bridgehead atoms. The van der Waals surface area contributed by atoms with Crippen molar-refractivity contribution in [1.82, 2.24) is 10.2 Å². The van der Waals surface area contributed by atoms with Gasteiger partial charge in [-0.25, -0.2) is 4.39 Å². The molecule has 4 nitrogen and oxygen atoms in total. The van der Waals surface area contributed by atoms with Crippen LogP contribution in [0.15, 0.2) is 24.3 Å². The summed E-state index contributed by atoms with van der Waals surface area (Å²) in [6.07, 6.45) is 0.679. The normalized spacial score (nSPS) is 17.3. The van der Waals surface area contributed by atoms with Gasteiger partial charge in [-0.1, -0.05) is 12.0 Å². The smallest absolute Gasteiger partial charge is 0.296 e. The summed E-state index contributed by atoms with van der Waals surface area (Å²) in [4.78, 5) is 25.1. The van der Waals surface area contributed by atoms with Crippen LogP contribution < -0.4 is 5.32 Å². The summed E-state index contributed by atoms with van der Waals surface area (Å²) in [6.45, 7) is 2.56. The summed E-state index contributed by atoms with van der Waals surface area (Å²) in [5.74, 6) is 3.94. The van der Waals surface area contributed by atoms with Crippen LogP contribution >= 0.6 is 0 Å². The van der Waals surface area contributed by atoms with E-state index in [4.69, 9.17) is 0 Å². The van der Waals surface area contributed by atoms with Crippen molar-refractivity contribution in [3.8, 4) is 11.8 Å². The van der Waals surface area contributed by atoms with Gasteiger partial charge in [0.1, 0.15) is 5.82 Å². The molecule has 1 aromatic rings. The van der Waals surface area contributed by atoms with Crippen molar-refractivity contribution in [2.75, 3.05) is 13.1 Å². The summed E-state index contributed by atoms with van der Waals surface area (Å²) in [5, 5.41) is 2.75. The van der Waals surface area contributed by atoms with Gasteiger partial charge in [-0.15, -0.1) is 0 Å². The second-order valence-corrected chi connectivity index (χ2v) is 4.60. The molecule has 0 spiro atoms. The highest BCUT2D eigenvalue weighted by Crippen LogP contribution is 2.14. The number of carbonyl (C=O) groups is 2. The van der Waals surface area contributed by atoms with E-state index in [1.54, 1.807) is 17.9 Å². The SMILES string of the molecule is CC#CC(=O)NC1CCN(C(=O)c2cccc(F)c2)C1. The fourth-order valence-corrected chi connectivity index (χ4v) is 2.20. The summed E-state index contributed by atoms with van der Waals surface area (Å²) in [5.41, 5.74) is 0.324. The van der Waals surface area contributed by atoms with Crippen molar-refractivity contribution >= 4 is 11.8 Å². The highest BCUT2D eigenvalue weighted by Gasteiger charge is 2.27. The maximum absolute atomic E-state index is 13.1. The lowest BCUT2D eigenvalue weighted by Crippen LogP contribution is -2.37. The molecule has 1 aliphatic rings. The molecule has 0 aromatic heterocycles. The molecule has 20 heavy (non-hydrogen) atoms. The Morgan fingerprint density at radius 1 is 1.45 bits per heavy atom. The summed E-state index contributed by atoms with van der Waals surface area (Å²) < 4.78 is 13.1. The van der Waals surface area contributed by atoms with E-state index in [-0.39, 0.29) is 17.9 Å². The average Bonchev–Trinajstić information content (AvgIpc) is 2.86. The lowest BCUT2D eigenvalue weighted by atomic mass is 10.2. The molecule has 1 aromatic carbocycles. The van der Waals surface area contributed by atoms with Gasteiger partial charge in [0.2, 0.25) is 0 Å². The molecular weight excluding hydrogens is 259 g/mol. The Hall–Kier alpha value is -2.35. The average molecular weight is 274 g/mol. The standard InChI is InChI=1S/C15H15FN2O2/c1-2-4-14(19)17-13-7-8-18(10-13)15(20)11-5-3-6-12(16)9-11/h3,5-6,9,13H,7-8,10H2,1H3,(H,17,19). The van der Waals surface area contributed by atoms with Gasteiger partial charge in [0.15, 0.2) is 0 Å². The molecule has 104 valence electrons. The van der Waals surface area contributed by atoms with E-state index in [1.807, 2.05) is 0 Å². The molecule has 0 aliphatic carbocycles. The molecule has 1 heterocycles. The lowest BCUT2D eigenvalue weighted by Gasteiger charge is -2.16. The number of benzene rings is 1. The molecule has 1 N–H and O–H groups in total. The van der Waals surface area contributed by atoms with Crippen LogP contribution in [0.4, 0.5) is 4.39 Å². The molecule has 0 radical (unpaired) electrons. The second kappa shape index (κ2) is 6.20. The topological polar surface area (TPSA) is 49.4 Å². The zero-order chi connectivity index (χ0) is 14.5. The number of hydrogen-bond acceptors (Lipinski definition) is 2. The maximum Gasteiger partial charge on any atom is 0.296 e. The van der Waals surface area contributed by atoms with Gasteiger partial charge in [0, 0.05) is 24.7 Å². The number of halogens is 1. The molecule has 5 heteroatoms. The first-order valence-electron chi connectivity index (χ1n) is 6.38. The minimum Gasteiger partial charge on any atom is -0.341 e. The highest BCUT2D eigenvalue weighted by atomic mass is 19.1. The number of likely N-dealkylation sites (tertiary alicyclic amines) is 1. The Kier molecular flexibility index (Phi) is 4.36. The molecule has 1 saturated heterocycles. The summed E-state index contributed by atoms with van der Waals surface area (Å²) in [7, 11) is 0. The highest BCUT2D eigenvalue weighted by molar-refractivity contribution is 5.95. The van der Waals surface area contributed by atoms with Crippen molar-refractivity contribution in [2.24, 2.45) is 0 Å². The van der Waals surface area contributed by atoms with Gasteiger partial charge in [-0.2, -0.15) is 0 Å². The van der Waals surface area contributed by atoms with Crippen molar-refractivity contribution in [3.05, 3.63) is 35.6 Å². The van der Waals surface area contributed by atoms with Crippen molar-refractivity contribution in [3.63, 3.8) is 0 Å². The van der Waals surface area contributed by atoms with Crippen molar-refractivity contribution in [1.29, 1.82) is 0 Å². The first-order valence-corrected chi connectivity index (χ1v) is 6.38. The quantitative estimate of drug-likeness (QED) is 0.823. The molecule has 1 unspecified atom stereocenters. The summed E-state index contributed by atoms with van der Waals surface area (Å²) in [6, 6.07) is 5.51. The number of rotatable bonds is 2. The number of carbonyl (C=O) groups excluding carboxylic acids is 2. The predicted octanol–water partition coefficient (Wildman–Crippen LogP) is 1.18. The Bertz CT molecular complexity index is 589. The molecule has 1 aliphatic heterocycles. The zero-order valence-electron chi connectivity index (χ0n) is 11.1. The van der Waals surface area contributed by atoms with Crippen LogP contribution in [0.3, 0.4) is 0 Å². The summed E-state index contributed by atoms with van der Waals surface area (Å²) >= 11 is 0. The van der Waals surface area contributed by atoms with Crippen LogP contribution in [0.2, 0.25) is 0 Å². The maximum atomic E-state index is 13.1. The van der Waals surface area contributed by atoms with Crippen LogP contribution in [-0.4, -0.2) is 35.8 Å². The fourth-order valence-electron chi connectivity index (χ4n) is 2.20. The van der Waals surface area contributed by atoms with Crippen LogP contribution in [0.5, 0.6) is 0 Å². The molecule has 0 saturated carbocycles.